The van der Waals surface area contributed by atoms with Gasteiger partial charge in [-0.3, -0.25) is 9.78 Å². The molecule has 0 saturated carbocycles. The van der Waals surface area contributed by atoms with Gasteiger partial charge in [-0.25, -0.2) is 0 Å². The van der Waals surface area contributed by atoms with E-state index in [2.05, 4.69) is 29.5 Å². The van der Waals surface area contributed by atoms with Crippen LogP contribution in [0.1, 0.15) is 36.8 Å². The molecule has 5 heteroatoms. The molecule has 0 atom stereocenters. The Balaban J connectivity index is 2.81. The fraction of sp³-hybridized carbons (Fsp3) is 0.571. The first-order valence-corrected chi connectivity index (χ1v) is 7.66. The van der Waals surface area contributed by atoms with Crippen LogP contribution < -0.4 is 10.6 Å². The average molecular weight is 281 g/mol. The second-order valence-corrected chi connectivity index (χ2v) is 6.56. The standard InChI is InChI=1S/C14H23N3OS/c1-6-15-12-7-10(2)16-8-11(12)13(18)17-9-14(3,4)19-5/h7-8H,6,9H2,1-5H3,(H,15,16)(H,17,18). The number of rotatable bonds is 6. The first-order chi connectivity index (χ1) is 8.89. The molecule has 1 rings (SSSR count). The number of thioether (sulfide) groups is 1. The Morgan fingerprint density at radius 2 is 2.16 bits per heavy atom. The number of carbonyl (C=O) groups is 1. The molecule has 0 aliphatic rings. The second kappa shape index (κ2) is 6.80. The summed E-state index contributed by atoms with van der Waals surface area (Å²) in [5.74, 6) is -0.0782. The highest BCUT2D eigenvalue weighted by molar-refractivity contribution is 7.99. The molecule has 0 fully saturated rings. The highest BCUT2D eigenvalue weighted by Gasteiger charge is 2.19. The third kappa shape index (κ3) is 4.74. The molecular weight excluding hydrogens is 258 g/mol. The van der Waals surface area contributed by atoms with Crippen molar-refractivity contribution in [1.29, 1.82) is 0 Å². The Morgan fingerprint density at radius 1 is 1.47 bits per heavy atom. The summed E-state index contributed by atoms with van der Waals surface area (Å²) >= 11 is 1.74. The minimum Gasteiger partial charge on any atom is -0.385 e. The van der Waals surface area contributed by atoms with Gasteiger partial charge in [0.15, 0.2) is 0 Å². The molecule has 1 heterocycles. The number of hydrogen-bond acceptors (Lipinski definition) is 4. The molecule has 0 bridgehead atoms. The fourth-order valence-electron chi connectivity index (χ4n) is 1.54. The van der Waals surface area contributed by atoms with Crippen molar-refractivity contribution in [3.8, 4) is 0 Å². The summed E-state index contributed by atoms with van der Waals surface area (Å²) in [5, 5.41) is 6.17. The predicted octanol–water partition coefficient (Wildman–Crippen LogP) is 2.69. The van der Waals surface area contributed by atoms with Crippen LogP contribution >= 0.6 is 11.8 Å². The third-order valence-corrected chi connectivity index (χ3v) is 4.13. The van der Waals surface area contributed by atoms with Crippen LogP contribution in [0, 0.1) is 6.92 Å². The van der Waals surface area contributed by atoms with Crippen LogP contribution in [0.5, 0.6) is 0 Å². The molecule has 1 aromatic heterocycles. The van der Waals surface area contributed by atoms with E-state index in [-0.39, 0.29) is 10.7 Å². The van der Waals surface area contributed by atoms with Gasteiger partial charge in [-0.15, -0.1) is 0 Å². The molecule has 0 aromatic carbocycles. The van der Waals surface area contributed by atoms with Crippen molar-refractivity contribution in [2.75, 3.05) is 24.7 Å². The van der Waals surface area contributed by atoms with Gasteiger partial charge in [0.05, 0.1) is 11.3 Å². The molecule has 0 unspecified atom stereocenters. The molecule has 0 aliphatic heterocycles. The fourth-order valence-corrected chi connectivity index (χ4v) is 1.75. The quantitative estimate of drug-likeness (QED) is 0.842. The van der Waals surface area contributed by atoms with Gasteiger partial charge < -0.3 is 10.6 Å². The Bertz CT molecular complexity index is 446. The largest absolute Gasteiger partial charge is 0.385 e. The zero-order valence-electron chi connectivity index (χ0n) is 12.3. The van der Waals surface area contributed by atoms with Crippen LogP contribution in [0.25, 0.3) is 0 Å². The number of amides is 1. The summed E-state index contributed by atoms with van der Waals surface area (Å²) in [6, 6.07) is 1.90. The maximum atomic E-state index is 12.2. The van der Waals surface area contributed by atoms with Gasteiger partial charge in [-0.2, -0.15) is 11.8 Å². The number of anilines is 1. The van der Waals surface area contributed by atoms with Crippen LogP contribution in [0.3, 0.4) is 0 Å². The lowest BCUT2D eigenvalue weighted by Gasteiger charge is -2.22. The topological polar surface area (TPSA) is 54.0 Å². The number of nitrogens with one attached hydrogen (secondary N) is 2. The van der Waals surface area contributed by atoms with Crippen molar-refractivity contribution >= 4 is 23.4 Å². The van der Waals surface area contributed by atoms with E-state index in [1.807, 2.05) is 26.2 Å². The highest BCUT2D eigenvalue weighted by Crippen LogP contribution is 2.20. The molecular formula is C14H23N3OS. The number of nitrogens with zero attached hydrogens (tertiary/aromatic N) is 1. The van der Waals surface area contributed by atoms with Gasteiger partial charge in [0, 0.05) is 29.7 Å². The first-order valence-electron chi connectivity index (χ1n) is 6.43. The Hall–Kier alpha value is -1.23. The monoisotopic (exact) mass is 281 g/mol. The van der Waals surface area contributed by atoms with Gasteiger partial charge in [0.25, 0.3) is 5.91 Å². The van der Waals surface area contributed by atoms with Gasteiger partial charge >= 0.3 is 0 Å². The molecule has 0 aliphatic carbocycles. The maximum absolute atomic E-state index is 12.2. The molecule has 1 amide bonds. The van der Waals surface area contributed by atoms with E-state index in [1.54, 1.807) is 18.0 Å². The molecule has 0 radical (unpaired) electrons. The molecule has 0 spiro atoms. The SMILES string of the molecule is CCNc1cc(C)ncc1C(=O)NCC(C)(C)SC. The van der Waals surface area contributed by atoms with Crippen molar-refractivity contribution < 1.29 is 4.79 Å². The number of aromatic nitrogens is 1. The second-order valence-electron chi connectivity index (χ2n) is 5.05. The molecule has 0 saturated heterocycles. The summed E-state index contributed by atoms with van der Waals surface area (Å²) in [5.41, 5.74) is 2.34. The Morgan fingerprint density at radius 3 is 2.74 bits per heavy atom. The van der Waals surface area contributed by atoms with Crippen LogP contribution in [0.2, 0.25) is 0 Å². The number of pyridine rings is 1. The molecule has 4 nitrogen and oxygen atoms in total. The summed E-state index contributed by atoms with van der Waals surface area (Å²) in [7, 11) is 0. The van der Waals surface area contributed by atoms with Crippen molar-refractivity contribution in [3.05, 3.63) is 23.5 Å². The maximum Gasteiger partial charge on any atom is 0.255 e. The average Bonchev–Trinajstić information content (AvgIpc) is 2.37. The Kier molecular flexibility index (Phi) is 5.66. The first kappa shape index (κ1) is 15.8. The number of aryl methyl sites for hydroxylation is 1. The summed E-state index contributed by atoms with van der Waals surface area (Å²) < 4.78 is 0.0339. The van der Waals surface area contributed by atoms with Crippen LogP contribution in [-0.2, 0) is 0 Å². The normalized spacial score (nSPS) is 11.2. The van der Waals surface area contributed by atoms with Gasteiger partial charge in [0.2, 0.25) is 0 Å². The number of carbonyl (C=O) groups excluding carboxylic acids is 1. The zero-order chi connectivity index (χ0) is 14.5. The van der Waals surface area contributed by atoms with E-state index >= 15 is 0 Å². The van der Waals surface area contributed by atoms with E-state index in [0.29, 0.717) is 12.1 Å². The predicted molar refractivity (Wildman–Crippen MR) is 83.1 cm³/mol. The van der Waals surface area contributed by atoms with Crippen molar-refractivity contribution in [1.82, 2.24) is 10.3 Å². The molecule has 1 aromatic rings. The molecule has 19 heavy (non-hydrogen) atoms. The summed E-state index contributed by atoms with van der Waals surface area (Å²) in [6.45, 7) is 9.55. The molecule has 106 valence electrons. The van der Waals surface area contributed by atoms with E-state index in [4.69, 9.17) is 0 Å². The summed E-state index contributed by atoms with van der Waals surface area (Å²) in [6.07, 6.45) is 3.68. The highest BCUT2D eigenvalue weighted by atomic mass is 32.2. The van der Waals surface area contributed by atoms with Crippen molar-refractivity contribution in [2.24, 2.45) is 0 Å². The van der Waals surface area contributed by atoms with Crippen molar-refractivity contribution in [3.63, 3.8) is 0 Å². The zero-order valence-corrected chi connectivity index (χ0v) is 13.1. The van der Waals surface area contributed by atoms with Gasteiger partial charge in [0.1, 0.15) is 0 Å². The minimum atomic E-state index is -0.0782. The lowest BCUT2D eigenvalue weighted by atomic mass is 10.1. The van der Waals surface area contributed by atoms with E-state index in [9.17, 15) is 4.79 Å². The van der Waals surface area contributed by atoms with Crippen LogP contribution in [-0.4, -0.2) is 35.0 Å². The third-order valence-electron chi connectivity index (χ3n) is 2.88. The van der Waals surface area contributed by atoms with Gasteiger partial charge in [-0.1, -0.05) is 0 Å². The summed E-state index contributed by atoms with van der Waals surface area (Å²) in [4.78, 5) is 16.4. The van der Waals surface area contributed by atoms with Crippen LogP contribution in [0.4, 0.5) is 5.69 Å². The lowest BCUT2D eigenvalue weighted by molar-refractivity contribution is 0.0951. The van der Waals surface area contributed by atoms with E-state index < -0.39 is 0 Å². The van der Waals surface area contributed by atoms with Gasteiger partial charge in [-0.05, 0) is 40.0 Å². The Labute approximate surface area is 119 Å². The smallest absolute Gasteiger partial charge is 0.255 e. The van der Waals surface area contributed by atoms with E-state index in [1.165, 1.54) is 0 Å². The minimum absolute atomic E-state index is 0.0339. The van der Waals surface area contributed by atoms with Crippen molar-refractivity contribution in [2.45, 2.75) is 32.4 Å². The molecule has 2 N–H and O–H groups in total. The number of hydrogen-bond donors (Lipinski definition) is 2. The lowest BCUT2D eigenvalue weighted by Crippen LogP contribution is -2.36. The van der Waals surface area contributed by atoms with E-state index in [0.717, 1.165) is 17.9 Å². The van der Waals surface area contributed by atoms with Crippen LogP contribution in [0.15, 0.2) is 12.3 Å².